The fourth-order valence-electron chi connectivity index (χ4n) is 2.03. The van der Waals surface area contributed by atoms with E-state index in [1.54, 1.807) is 0 Å². The summed E-state index contributed by atoms with van der Waals surface area (Å²) in [5.41, 5.74) is 1.22. The van der Waals surface area contributed by atoms with Gasteiger partial charge < -0.3 is 4.74 Å². The van der Waals surface area contributed by atoms with E-state index in [0.717, 1.165) is 18.9 Å². The molecular formula is C14H20NO. The third-order valence-corrected chi connectivity index (χ3v) is 3.06. The second-order valence-electron chi connectivity index (χ2n) is 4.32. The Bertz CT molecular complexity index is 318. The molecule has 2 rings (SSSR count). The molecule has 1 aliphatic heterocycles. The third-order valence-electron chi connectivity index (χ3n) is 3.06. The number of para-hydroxylation sites is 1. The van der Waals surface area contributed by atoms with Crippen LogP contribution in [0.3, 0.4) is 0 Å². The SMILES string of the molecule is Cc1ccccc1OCCN1CC[CH]CC1. The van der Waals surface area contributed by atoms with Crippen molar-refractivity contribution in [1.29, 1.82) is 0 Å². The number of piperidine rings is 1. The van der Waals surface area contributed by atoms with Gasteiger partial charge in [0.15, 0.2) is 0 Å². The molecule has 0 amide bonds. The fraction of sp³-hybridized carbons (Fsp3) is 0.500. The molecule has 1 aromatic carbocycles. The number of likely N-dealkylation sites (tertiary alicyclic amines) is 1. The molecule has 0 saturated carbocycles. The van der Waals surface area contributed by atoms with Crippen molar-refractivity contribution in [2.75, 3.05) is 26.2 Å². The van der Waals surface area contributed by atoms with E-state index in [-0.39, 0.29) is 0 Å². The third kappa shape index (κ3) is 3.24. The maximum absolute atomic E-state index is 5.79. The number of aryl methyl sites for hydroxylation is 1. The predicted octanol–water partition coefficient (Wildman–Crippen LogP) is 2.67. The first-order chi connectivity index (χ1) is 7.86. The van der Waals surface area contributed by atoms with Crippen LogP contribution in [0.4, 0.5) is 0 Å². The number of nitrogens with zero attached hydrogens (tertiary/aromatic N) is 1. The van der Waals surface area contributed by atoms with Crippen molar-refractivity contribution in [1.82, 2.24) is 4.90 Å². The topological polar surface area (TPSA) is 12.5 Å². The lowest BCUT2D eigenvalue weighted by Gasteiger charge is -2.26. The first-order valence-electron chi connectivity index (χ1n) is 6.09. The molecule has 0 aliphatic carbocycles. The molecule has 0 aromatic heterocycles. The highest BCUT2D eigenvalue weighted by molar-refractivity contribution is 5.31. The molecule has 1 radical (unpaired) electrons. The summed E-state index contributed by atoms with van der Waals surface area (Å²) in [7, 11) is 0. The molecule has 1 fully saturated rings. The second-order valence-corrected chi connectivity index (χ2v) is 4.32. The number of ether oxygens (including phenoxy) is 1. The van der Waals surface area contributed by atoms with Crippen molar-refractivity contribution in [3.63, 3.8) is 0 Å². The lowest BCUT2D eigenvalue weighted by molar-refractivity contribution is 0.197. The van der Waals surface area contributed by atoms with Crippen LogP contribution in [0.5, 0.6) is 5.75 Å². The van der Waals surface area contributed by atoms with Crippen LogP contribution in [0.1, 0.15) is 18.4 Å². The summed E-state index contributed by atoms with van der Waals surface area (Å²) < 4.78 is 5.79. The smallest absolute Gasteiger partial charge is 0.122 e. The van der Waals surface area contributed by atoms with Crippen LogP contribution in [0, 0.1) is 13.3 Å². The first-order valence-corrected chi connectivity index (χ1v) is 6.09. The van der Waals surface area contributed by atoms with Crippen LogP contribution in [0.25, 0.3) is 0 Å². The maximum Gasteiger partial charge on any atom is 0.122 e. The summed E-state index contributed by atoms with van der Waals surface area (Å²) in [5, 5.41) is 0. The zero-order chi connectivity index (χ0) is 11.2. The Kier molecular flexibility index (Phi) is 4.23. The lowest BCUT2D eigenvalue weighted by atomic mass is 10.1. The van der Waals surface area contributed by atoms with Crippen molar-refractivity contribution in [2.45, 2.75) is 19.8 Å². The summed E-state index contributed by atoms with van der Waals surface area (Å²) in [6.45, 7) is 6.31. The van der Waals surface area contributed by atoms with E-state index in [0.29, 0.717) is 0 Å². The highest BCUT2D eigenvalue weighted by atomic mass is 16.5. The predicted molar refractivity (Wildman–Crippen MR) is 66.6 cm³/mol. The van der Waals surface area contributed by atoms with Crippen molar-refractivity contribution in [2.24, 2.45) is 0 Å². The Hall–Kier alpha value is -1.02. The van der Waals surface area contributed by atoms with Crippen molar-refractivity contribution >= 4 is 0 Å². The average Bonchev–Trinajstić information content (AvgIpc) is 2.33. The van der Waals surface area contributed by atoms with Crippen LogP contribution in [-0.4, -0.2) is 31.1 Å². The van der Waals surface area contributed by atoms with E-state index in [2.05, 4.69) is 24.3 Å². The quantitative estimate of drug-likeness (QED) is 0.770. The number of benzene rings is 1. The zero-order valence-corrected chi connectivity index (χ0v) is 9.98. The van der Waals surface area contributed by atoms with Crippen molar-refractivity contribution < 1.29 is 4.74 Å². The molecule has 1 heterocycles. The zero-order valence-electron chi connectivity index (χ0n) is 9.98. The second kappa shape index (κ2) is 5.90. The molecular weight excluding hydrogens is 198 g/mol. The van der Waals surface area contributed by atoms with Gasteiger partial charge in [0.05, 0.1) is 0 Å². The highest BCUT2D eigenvalue weighted by Crippen LogP contribution is 2.16. The normalized spacial score (nSPS) is 17.3. The van der Waals surface area contributed by atoms with Gasteiger partial charge in [-0.3, -0.25) is 4.90 Å². The highest BCUT2D eigenvalue weighted by Gasteiger charge is 2.09. The Morgan fingerprint density at radius 2 is 1.94 bits per heavy atom. The van der Waals surface area contributed by atoms with Crippen LogP contribution < -0.4 is 4.74 Å². The van der Waals surface area contributed by atoms with Crippen molar-refractivity contribution in [3.05, 3.63) is 36.2 Å². The van der Waals surface area contributed by atoms with E-state index in [1.165, 1.54) is 31.5 Å². The summed E-state index contributed by atoms with van der Waals surface area (Å²) in [6.07, 6.45) is 4.83. The molecule has 0 bridgehead atoms. The van der Waals surface area contributed by atoms with Crippen LogP contribution in [0.2, 0.25) is 0 Å². The van der Waals surface area contributed by atoms with Gasteiger partial charge in [-0.2, -0.15) is 0 Å². The molecule has 2 heteroatoms. The monoisotopic (exact) mass is 218 g/mol. The van der Waals surface area contributed by atoms with Gasteiger partial charge in [-0.15, -0.1) is 0 Å². The van der Waals surface area contributed by atoms with Gasteiger partial charge in [-0.25, -0.2) is 0 Å². The lowest BCUT2D eigenvalue weighted by Crippen LogP contribution is -2.33. The molecule has 0 spiro atoms. The minimum absolute atomic E-state index is 0.796. The molecule has 0 N–H and O–H groups in total. The largest absolute Gasteiger partial charge is 0.492 e. The Morgan fingerprint density at radius 1 is 1.19 bits per heavy atom. The summed E-state index contributed by atoms with van der Waals surface area (Å²) in [4.78, 5) is 2.47. The van der Waals surface area contributed by atoms with E-state index in [4.69, 9.17) is 4.74 Å². The van der Waals surface area contributed by atoms with E-state index in [9.17, 15) is 0 Å². The molecule has 1 saturated heterocycles. The minimum atomic E-state index is 0.796. The summed E-state index contributed by atoms with van der Waals surface area (Å²) in [6, 6.07) is 8.20. The van der Waals surface area contributed by atoms with Gasteiger partial charge in [0, 0.05) is 6.54 Å². The van der Waals surface area contributed by atoms with Gasteiger partial charge in [-0.1, -0.05) is 18.2 Å². The van der Waals surface area contributed by atoms with E-state index >= 15 is 0 Å². The minimum Gasteiger partial charge on any atom is -0.492 e. The van der Waals surface area contributed by atoms with Crippen LogP contribution in [0.15, 0.2) is 24.3 Å². The average molecular weight is 218 g/mol. The van der Waals surface area contributed by atoms with Crippen LogP contribution >= 0.6 is 0 Å². The van der Waals surface area contributed by atoms with E-state index < -0.39 is 0 Å². The molecule has 1 aromatic rings. The summed E-state index contributed by atoms with van der Waals surface area (Å²) in [5.74, 6) is 1.02. The Labute approximate surface area is 98.2 Å². The van der Waals surface area contributed by atoms with E-state index in [1.807, 2.05) is 18.2 Å². The number of hydrogen-bond donors (Lipinski definition) is 0. The first kappa shape index (κ1) is 11.5. The van der Waals surface area contributed by atoms with Crippen molar-refractivity contribution in [3.8, 4) is 5.75 Å². The van der Waals surface area contributed by atoms with Crippen LogP contribution in [-0.2, 0) is 0 Å². The Balaban J connectivity index is 1.73. The molecule has 0 atom stereocenters. The van der Waals surface area contributed by atoms with Gasteiger partial charge in [0.2, 0.25) is 0 Å². The number of hydrogen-bond acceptors (Lipinski definition) is 2. The fourth-order valence-corrected chi connectivity index (χ4v) is 2.03. The molecule has 1 aliphatic rings. The standard InChI is InChI=1S/C14H20NO/c1-13-7-3-4-8-14(13)16-12-11-15-9-5-2-6-10-15/h2-4,7-8H,5-6,9-12H2,1H3. The maximum atomic E-state index is 5.79. The molecule has 0 unspecified atom stereocenters. The molecule has 87 valence electrons. The molecule has 2 nitrogen and oxygen atoms in total. The van der Waals surface area contributed by atoms with Gasteiger partial charge >= 0.3 is 0 Å². The van der Waals surface area contributed by atoms with Gasteiger partial charge in [0.25, 0.3) is 0 Å². The van der Waals surface area contributed by atoms with Gasteiger partial charge in [-0.05, 0) is 50.9 Å². The van der Waals surface area contributed by atoms with Gasteiger partial charge in [0.1, 0.15) is 12.4 Å². The Morgan fingerprint density at radius 3 is 2.69 bits per heavy atom. The molecule has 16 heavy (non-hydrogen) atoms. The number of rotatable bonds is 4. The summed E-state index contributed by atoms with van der Waals surface area (Å²) >= 11 is 0.